The van der Waals surface area contributed by atoms with E-state index in [0.717, 1.165) is 25.7 Å². The summed E-state index contributed by atoms with van der Waals surface area (Å²) in [4.78, 5) is 26.5. The van der Waals surface area contributed by atoms with Crippen LogP contribution in [0.5, 0.6) is 0 Å². The molecule has 0 fully saturated rings. The first-order valence-electron chi connectivity index (χ1n) is 8.96. The van der Waals surface area contributed by atoms with E-state index in [2.05, 4.69) is 31.1 Å². The molecule has 0 spiro atoms. The Morgan fingerprint density at radius 3 is 2.44 bits per heavy atom. The third-order valence-corrected chi connectivity index (χ3v) is 4.28. The minimum atomic E-state index is -0.215. The van der Waals surface area contributed by atoms with Crippen molar-refractivity contribution in [2.45, 2.75) is 45.6 Å². The maximum atomic E-state index is 13.1. The van der Waals surface area contributed by atoms with E-state index in [9.17, 15) is 9.59 Å². The monoisotopic (exact) mass is 341 g/mol. The lowest BCUT2D eigenvalue weighted by atomic mass is 10.00. The number of aromatic nitrogens is 2. The summed E-state index contributed by atoms with van der Waals surface area (Å²) < 4.78 is 1.21. The zero-order chi connectivity index (χ0) is 18.2. The Balaban J connectivity index is 2.29. The first-order valence-corrected chi connectivity index (χ1v) is 8.96. The number of rotatable bonds is 8. The number of carbonyl (C=O) groups excluding carboxylic acids is 1. The molecule has 1 aromatic heterocycles. The molecule has 2 aromatic rings. The lowest BCUT2D eigenvalue weighted by Gasteiger charge is -2.31. The second kappa shape index (κ2) is 9.16. The molecule has 5 heteroatoms. The number of hydrogen-bond acceptors (Lipinski definition) is 3. The van der Waals surface area contributed by atoms with Gasteiger partial charge in [-0.2, -0.15) is 5.10 Å². The van der Waals surface area contributed by atoms with E-state index >= 15 is 0 Å². The molecule has 0 aliphatic carbocycles. The second-order valence-electron chi connectivity index (χ2n) is 6.31. The number of nitrogens with zero attached hydrogens (tertiary/aromatic N) is 3. The van der Waals surface area contributed by atoms with Crippen molar-refractivity contribution >= 4 is 5.91 Å². The van der Waals surface area contributed by atoms with Gasteiger partial charge in [-0.3, -0.25) is 9.59 Å². The summed E-state index contributed by atoms with van der Waals surface area (Å²) in [6.07, 6.45) is 3.65. The van der Waals surface area contributed by atoms with Crippen LogP contribution in [0.3, 0.4) is 0 Å². The predicted octanol–water partition coefficient (Wildman–Crippen LogP) is 3.04. The van der Waals surface area contributed by atoms with Gasteiger partial charge in [-0.05, 0) is 30.9 Å². The smallest absolute Gasteiger partial charge is 0.274 e. The zero-order valence-corrected chi connectivity index (χ0v) is 15.3. The lowest BCUT2D eigenvalue weighted by molar-refractivity contribution is 0.0657. The quantitative estimate of drug-likeness (QED) is 0.741. The molecule has 1 amide bonds. The van der Waals surface area contributed by atoms with Crippen LogP contribution >= 0.6 is 0 Å². The summed E-state index contributed by atoms with van der Waals surface area (Å²) in [6, 6.07) is 13.3. The molecule has 0 N–H and O–H groups in total. The topological polar surface area (TPSA) is 55.2 Å². The fourth-order valence-corrected chi connectivity index (χ4v) is 3.04. The number of benzene rings is 1. The van der Waals surface area contributed by atoms with Crippen molar-refractivity contribution in [1.82, 2.24) is 14.7 Å². The standard InChI is InChI=1S/C20H27N3O2/c1-4-9-17(15-16-10-7-6-8-11-16)23(14-5-2)20(25)18-12-13-19(24)22(3)21-18/h6-8,10-13,17H,4-5,9,14-15H2,1-3H3. The maximum absolute atomic E-state index is 13.1. The molecule has 0 radical (unpaired) electrons. The zero-order valence-electron chi connectivity index (χ0n) is 15.3. The Bertz CT molecular complexity index is 740. The summed E-state index contributed by atoms with van der Waals surface area (Å²) in [7, 11) is 1.57. The van der Waals surface area contributed by atoms with Crippen LogP contribution in [0.1, 0.15) is 49.2 Å². The van der Waals surface area contributed by atoms with Crippen molar-refractivity contribution < 1.29 is 4.79 Å². The van der Waals surface area contributed by atoms with Gasteiger partial charge in [-0.15, -0.1) is 0 Å². The Kier molecular flexibility index (Phi) is 6.92. The van der Waals surface area contributed by atoms with Crippen LogP contribution < -0.4 is 5.56 Å². The largest absolute Gasteiger partial charge is 0.334 e. The Hall–Kier alpha value is -2.43. The summed E-state index contributed by atoms with van der Waals surface area (Å²) in [6.45, 7) is 4.89. The van der Waals surface area contributed by atoms with Crippen LogP contribution in [0.4, 0.5) is 0 Å². The average molecular weight is 341 g/mol. The van der Waals surface area contributed by atoms with E-state index in [-0.39, 0.29) is 17.5 Å². The molecule has 2 rings (SSSR count). The van der Waals surface area contributed by atoms with Gasteiger partial charge in [-0.25, -0.2) is 4.68 Å². The van der Waals surface area contributed by atoms with Crippen LogP contribution in [0.2, 0.25) is 0 Å². The molecule has 1 heterocycles. The number of hydrogen-bond donors (Lipinski definition) is 0. The summed E-state index contributed by atoms with van der Waals surface area (Å²) in [5.74, 6) is -0.105. The van der Waals surface area contributed by atoms with Crippen molar-refractivity contribution in [1.29, 1.82) is 0 Å². The molecule has 5 nitrogen and oxygen atoms in total. The lowest BCUT2D eigenvalue weighted by Crippen LogP contribution is -2.43. The molecule has 134 valence electrons. The number of amides is 1. The van der Waals surface area contributed by atoms with Crippen LogP contribution in [0.25, 0.3) is 0 Å². The van der Waals surface area contributed by atoms with Crippen molar-refractivity contribution in [3.05, 3.63) is 64.1 Å². The summed E-state index contributed by atoms with van der Waals surface area (Å²) in [5, 5.41) is 4.14. The van der Waals surface area contributed by atoms with Gasteiger partial charge in [0, 0.05) is 25.7 Å². The van der Waals surface area contributed by atoms with Gasteiger partial charge < -0.3 is 4.90 Å². The van der Waals surface area contributed by atoms with Gasteiger partial charge in [-0.1, -0.05) is 50.6 Å². The predicted molar refractivity (Wildman–Crippen MR) is 99.6 cm³/mol. The van der Waals surface area contributed by atoms with E-state index in [1.807, 2.05) is 23.1 Å². The first-order chi connectivity index (χ1) is 12.1. The Morgan fingerprint density at radius 1 is 1.12 bits per heavy atom. The molecule has 0 aliphatic heterocycles. The highest BCUT2D eigenvalue weighted by atomic mass is 16.2. The second-order valence-corrected chi connectivity index (χ2v) is 6.31. The van der Waals surface area contributed by atoms with Crippen LogP contribution in [-0.4, -0.2) is 33.2 Å². The van der Waals surface area contributed by atoms with Crippen molar-refractivity contribution in [2.24, 2.45) is 7.05 Å². The summed E-state index contributed by atoms with van der Waals surface area (Å²) in [5.41, 5.74) is 1.33. The van der Waals surface area contributed by atoms with Crippen LogP contribution in [0, 0.1) is 0 Å². The van der Waals surface area contributed by atoms with Gasteiger partial charge in [0.05, 0.1) is 0 Å². The minimum absolute atomic E-state index is 0.105. The fraction of sp³-hybridized carbons (Fsp3) is 0.450. The van der Waals surface area contributed by atoms with E-state index < -0.39 is 0 Å². The summed E-state index contributed by atoms with van der Waals surface area (Å²) >= 11 is 0. The Labute approximate surface area is 149 Å². The molecule has 0 bridgehead atoms. The van der Waals surface area contributed by atoms with Gasteiger partial charge >= 0.3 is 0 Å². The Morgan fingerprint density at radius 2 is 1.84 bits per heavy atom. The highest BCUT2D eigenvalue weighted by molar-refractivity contribution is 5.92. The van der Waals surface area contributed by atoms with Crippen molar-refractivity contribution in [3.8, 4) is 0 Å². The van der Waals surface area contributed by atoms with Crippen molar-refractivity contribution in [2.75, 3.05) is 6.54 Å². The maximum Gasteiger partial charge on any atom is 0.274 e. The first kappa shape index (κ1) is 18.9. The van der Waals surface area contributed by atoms with E-state index in [1.165, 1.54) is 22.4 Å². The average Bonchev–Trinajstić information content (AvgIpc) is 2.62. The molecule has 1 atom stereocenters. The third-order valence-electron chi connectivity index (χ3n) is 4.28. The molecule has 1 unspecified atom stereocenters. The highest BCUT2D eigenvalue weighted by Crippen LogP contribution is 2.17. The van der Waals surface area contributed by atoms with Crippen LogP contribution in [-0.2, 0) is 13.5 Å². The van der Waals surface area contributed by atoms with Crippen LogP contribution in [0.15, 0.2) is 47.3 Å². The van der Waals surface area contributed by atoms with E-state index in [1.54, 1.807) is 7.05 Å². The van der Waals surface area contributed by atoms with Crippen molar-refractivity contribution in [3.63, 3.8) is 0 Å². The number of carbonyl (C=O) groups is 1. The number of aryl methyl sites for hydroxylation is 1. The molecule has 0 saturated carbocycles. The highest BCUT2D eigenvalue weighted by Gasteiger charge is 2.25. The molecular formula is C20H27N3O2. The molecular weight excluding hydrogens is 314 g/mol. The van der Waals surface area contributed by atoms with Gasteiger partial charge in [0.2, 0.25) is 0 Å². The molecule has 0 saturated heterocycles. The fourth-order valence-electron chi connectivity index (χ4n) is 3.04. The van der Waals surface area contributed by atoms with Gasteiger partial charge in [0.1, 0.15) is 5.69 Å². The van der Waals surface area contributed by atoms with Gasteiger partial charge in [0.25, 0.3) is 11.5 Å². The molecule has 0 aliphatic rings. The van der Waals surface area contributed by atoms with Gasteiger partial charge in [0.15, 0.2) is 0 Å². The normalized spacial score (nSPS) is 12.0. The third kappa shape index (κ3) is 5.02. The molecule has 25 heavy (non-hydrogen) atoms. The van der Waals surface area contributed by atoms with E-state index in [4.69, 9.17) is 0 Å². The SMILES string of the molecule is CCCC(Cc1ccccc1)N(CCC)C(=O)c1ccc(=O)n(C)n1. The van der Waals surface area contributed by atoms with E-state index in [0.29, 0.717) is 12.2 Å². The molecule has 1 aromatic carbocycles. The minimum Gasteiger partial charge on any atom is -0.334 e.